The number of hydrogen-bond acceptors (Lipinski definition) is 9. The van der Waals surface area contributed by atoms with Gasteiger partial charge in [-0.1, -0.05) is 91.0 Å². The second-order valence-electron chi connectivity index (χ2n) is 11.4. The highest BCUT2D eigenvalue weighted by Gasteiger charge is 2.43. The Morgan fingerprint density at radius 1 is 0.791 bits per heavy atom. The summed E-state index contributed by atoms with van der Waals surface area (Å²) in [5.74, 6) is -2.63. The van der Waals surface area contributed by atoms with E-state index in [1.165, 1.54) is 0 Å². The summed E-state index contributed by atoms with van der Waals surface area (Å²) >= 11 is 0. The fraction of sp³-hybridized carbons (Fsp3) is 0.394. The van der Waals surface area contributed by atoms with Crippen molar-refractivity contribution in [3.8, 4) is 0 Å². The number of aliphatic hydroxyl groups is 1. The molecule has 0 saturated carbocycles. The van der Waals surface area contributed by atoms with E-state index in [1.54, 1.807) is 20.8 Å². The fourth-order valence-corrected chi connectivity index (χ4v) is 4.97. The zero-order chi connectivity index (χ0) is 31.5. The van der Waals surface area contributed by atoms with Crippen LogP contribution in [0.2, 0.25) is 0 Å². The first kappa shape index (κ1) is 33.9. The van der Waals surface area contributed by atoms with Gasteiger partial charge in [-0.3, -0.25) is 18.7 Å². The number of ether oxygens (including phenoxy) is 2. The van der Waals surface area contributed by atoms with Crippen LogP contribution in [0.3, 0.4) is 0 Å². The summed E-state index contributed by atoms with van der Waals surface area (Å²) in [5, 5.41) is 10.9. The van der Waals surface area contributed by atoms with E-state index in [0.29, 0.717) is 0 Å². The lowest BCUT2D eigenvalue weighted by atomic mass is 9.90. The first-order valence-electron chi connectivity index (χ1n) is 14.1. The molecule has 43 heavy (non-hydrogen) atoms. The van der Waals surface area contributed by atoms with Crippen LogP contribution in [-0.4, -0.2) is 61.0 Å². The number of hydrogen-bond donors (Lipinski definition) is 1. The third kappa shape index (κ3) is 12.3. The minimum atomic E-state index is -3.86. The van der Waals surface area contributed by atoms with E-state index in [0.717, 1.165) is 22.9 Å². The lowest BCUT2D eigenvalue weighted by Gasteiger charge is -2.36. The Kier molecular flexibility index (Phi) is 12.4. The second kappa shape index (κ2) is 15.8. The average Bonchev–Trinajstić information content (AvgIpc) is 2.95. The van der Waals surface area contributed by atoms with Crippen molar-refractivity contribution in [3.63, 3.8) is 0 Å². The molecule has 10 heteroatoms. The molecule has 3 aromatic carbocycles. The number of aliphatic hydroxyl groups excluding tert-OH is 1. The fourth-order valence-electron chi connectivity index (χ4n) is 4.57. The Labute approximate surface area is 254 Å². The molecule has 1 unspecified atom stereocenters. The molecule has 0 aliphatic carbocycles. The molecular formula is C33H41NO8S. The number of benzene rings is 3. The summed E-state index contributed by atoms with van der Waals surface area (Å²) in [4.78, 5) is 29.7. The molecule has 232 valence electrons. The van der Waals surface area contributed by atoms with Gasteiger partial charge in [0.15, 0.2) is 0 Å². The summed E-state index contributed by atoms with van der Waals surface area (Å²) in [5.41, 5.74) is 1.65. The normalized spacial score (nSPS) is 14.1. The van der Waals surface area contributed by atoms with Gasteiger partial charge in [-0.15, -0.1) is 0 Å². The van der Waals surface area contributed by atoms with Gasteiger partial charge in [0.05, 0.1) is 24.9 Å². The van der Waals surface area contributed by atoms with Crippen molar-refractivity contribution >= 4 is 22.1 Å². The van der Waals surface area contributed by atoms with Crippen molar-refractivity contribution in [1.29, 1.82) is 0 Å². The van der Waals surface area contributed by atoms with Gasteiger partial charge in [0.2, 0.25) is 0 Å². The van der Waals surface area contributed by atoms with E-state index in [4.69, 9.17) is 13.7 Å². The third-order valence-corrected chi connectivity index (χ3v) is 6.97. The van der Waals surface area contributed by atoms with Gasteiger partial charge in [-0.05, 0) is 43.9 Å². The monoisotopic (exact) mass is 611 g/mol. The zero-order valence-corrected chi connectivity index (χ0v) is 25.9. The summed E-state index contributed by atoms with van der Waals surface area (Å²) in [6, 6.07) is 27.0. The Bertz CT molecular complexity index is 1350. The van der Waals surface area contributed by atoms with Crippen molar-refractivity contribution in [2.75, 3.05) is 12.9 Å². The Morgan fingerprint density at radius 3 is 1.70 bits per heavy atom. The van der Waals surface area contributed by atoms with Crippen LogP contribution in [0.1, 0.15) is 43.9 Å². The highest BCUT2D eigenvalue weighted by molar-refractivity contribution is 7.85. The van der Waals surface area contributed by atoms with Crippen LogP contribution in [0, 0.1) is 5.92 Å². The molecule has 1 N–H and O–H groups in total. The predicted molar refractivity (Wildman–Crippen MR) is 163 cm³/mol. The van der Waals surface area contributed by atoms with E-state index in [2.05, 4.69) is 0 Å². The molecule has 3 aromatic rings. The van der Waals surface area contributed by atoms with Gasteiger partial charge in [-0.2, -0.15) is 8.42 Å². The molecule has 0 fully saturated rings. The SMILES string of the molecule is CC(C)(C)OC(=O)[C@@H](CC(O)COS(C)(=O)=O)[C@@H](C(=O)OCc1ccccc1)N(Cc1ccccc1)Cc1ccccc1. The van der Waals surface area contributed by atoms with Crippen LogP contribution in [-0.2, 0) is 53.1 Å². The van der Waals surface area contributed by atoms with Gasteiger partial charge < -0.3 is 14.6 Å². The second-order valence-corrected chi connectivity index (χ2v) is 13.1. The molecule has 0 radical (unpaired) electrons. The molecule has 9 nitrogen and oxygen atoms in total. The van der Waals surface area contributed by atoms with Crippen molar-refractivity contribution in [2.45, 2.75) is 64.6 Å². The highest BCUT2D eigenvalue weighted by Crippen LogP contribution is 2.27. The number of esters is 2. The maximum Gasteiger partial charge on any atom is 0.324 e. The van der Waals surface area contributed by atoms with Gasteiger partial charge in [-0.25, -0.2) is 0 Å². The molecule has 0 bridgehead atoms. The minimum Gasteiger partial charge on any atom is -0.460 e. The number of carbonyl (C=O) groups excluding carboxylic acids is 2. The van der Waals surface area contributed by atoms with Gasteiger partial charge in [0, 0.05) is 13.1 Å². The zero-order valence-electron chi connectivity index (χ0n) is 25.1. The molecular weight excluding hydrogens is 570 g/mol. The number of nitrogens with zero attached hydrogens (tertiary/aromatic N) is 1. The van der Waals surface area contributed by atoms with Crippen LogP contribution in [0.15, 0.2) is 91.0 Å². The maximum absolute atomic E-state index is 14.1. The van der Waals surface area contributed by atoms with E-state index in [-0.39, 0.29) is 26.1 Å². The third-order valence-electron chi connectivity index (χ3n) is 6.41. The molecule has 0 saturated heterocycles. The lowest BCUT2D eigenvalue weighted by Crippen LogP contribution is -2.51. The minimum absolute atomic E-state index is 0.0263. The number of carbonyl (C=O) groups is 2. The molecule has 0 amide bonds. The summed E-state index contributed by atoms with van der Waals surface area (Å²) < 4.78 is 39.6. The Balaban J connectivity index is 2.07. The van der Waals surface area contributed by atoms with E-state index >= 15 is 0 Å². The molecule has 3 rings (SSSR count). The van der Waals surface area contributed by atoms with Crippen molar-refractivity contribution in [2.24, 2.45) is 5.92 Å². The van der Waals surface area contributed by atoms with Gasteiger partial charge in [0.25, 0.3) is 10.1 Å². The van der Waals surface area contributed by atoms with Crippen LogP contribution in [0.5, 0.6) is 0 Å². The van der Waals surface area contributed by atoms with Gasteiger partial charge in [0.1, 0.15) is 18.2 Å². The summed E-state index contributed by atoms with van der Waals surface area (Å²) in [6.07, 6.45) is -0.835. The van der Waals surface area contributed by atoms with Crippen molar-refractivity contribution in [3.05, 3.63) is 108 Å². The molecule has 0 aliphatic heterocycles. The standard InChI is InChI=1S/C33H41NO8S/c1-33(2,3)42-31(36)29(20-28(35)24-41-43(4,38)39)30(32(37)40-23-27-18-12-7-13-19-27)34(21-25-14-8-5-9-15-25)22-26-16-10-6-11-17-26/h5-19,28-30,35H,20-24H2,1-4H3/t28?,29-,30-/m0/s1. The van der Waals surface area contributed by atoms with Gasteiger partial charge >= 0.3 is 11.9 Å². The first-order chi connectivity index (χ1) is 20.3. The van der Waals surface area contributed by atoms with Crippen LogP contribution >= 0.6 is 0 Å². The summed E-state index contributed by atoms with van der Waals surface area (Å²) in [7, 11) is -3.86. The van der Waals surface area contributed by atoms with Crippen LogP contribution in [0.4, 0.5) is 0 Å². The Hall–Kier alpha value is -3.57. The lowest BCUT2D eigenvalue weighted by molar-refractivity contribution is -0.172. The molecule has 3 atom stereocenters. The van der Waals surface area contributed by atoms with E-state index in [9.17, 15) is 23.1 Å². The first-order valence-corrected chi connectivity index (χ1v) is 15.9. The molecule has 0 spiro atoms. The maximum atomic E-state index is 14.1. The van der Waals surface area contributed by atoms with Crippen molar-refractivity contribution < 1.29 is 36.8 Å². The predicted octanol–water partition coefficient (Wildman–Crippen LogP) is 4.49. The molecule has 0 aliphatic rings. The largest absolute Gasteiger partial charge is 0.460 e. The molecule has 0 heterocycles. The van der Waals surface area contributed by atoms with Crippen molar-refractivity contribution in [1.82, 2.24) is 4.90 Å². The highest BCUT2D eigenvalue weighted by atomic mass is 32.2. The Morgan fingerprint density at radius 2 is 1.26 bits per heavy atom. The van der Waals surface area contributed by atoms with Crippen LogP contribution < -0.4 is 0 Å². The van der Waals surface area contributed by atoms with E-state index < -0.39 is 52.3 Å². The number of rotatable bonds is 15. The smallest absolute Gasteiger partial charge is 0.324 e. The molecule has 0 aromatic heterocycles. The summed E-state index contributed by atoms with van der Waals surface area (Å²) in [6.45, 7) is 5.06. The average molecular weight is 612 g/mol. The van der Waals surface area contributed by atoms with Crippen LogP contribution in [0.25, 0.3) is 0 Å². The quantitative estimate of drug-likeness (QED) is 0.196. The topological polar surface area (TPSA) is 119 Å². The van der Waals surface area contributed by atoms with E-state index in [1.807, 2.05) is 95.9 Å².